The quantitative estimate of drug-likeness (QED) is 0.366. The summed E-state index contributed by atoms with van der Waals surface area (Å²) in [4.78, 5) is 8.24. The molecule has 2 heterocycles. The topological polar surface area (TPSA) is 166 Å². The molecule has 0 saturated heterocycles. The van der Waals surface area contributed by atoms with Gasteiger partial charge in [0.1, 0.15) is 22.9 Å². The highest BCUT2D eigenvalue weighted by Crippen LogP contribution is 2.21. The van der Waals surface area contributed by atoms with E-state index in [1.807, 2.05) is 74.5 Å². The van der Waals surface area contributed by atoms with Crippen LogP contribution in [0.25, 0.3) is 22.5 Å². The highest BCUT2D eigenvalue weighted by atomic mass is 32.2. The minimum Gasteiger partial charge on any atom is -0.748 e. The third-order valence-electron chi connectivity index (χ3n) is 4.17. The van der Waals surface area contributed by atoms with Crippen LogP contribution in [0.15, 0.2) is 82.3 Å². The highest BCUT2D eigenvalue weighted by Gasteiger charge is 2.05. The van der Waals surface area contributed by atoms with Crippen LogP contribution < -0.4 is 0 Å². The molecule has 2 aromatic carbocycles. The van der Waals surface area contributed by atoms with Crippen molar-refractivity contribution in [3.63, 3.8) is 0 Å². The molecule has 0 radical (unpaired) electrons. The number of benzene rings is 2. The molecule has 0 saturated carbocycles. The number of hydrogen-bond donors (Lipinski definition) is 0. The van der Waals surface area contributed by atoms with Crippen molar-refractivity contribution in [2.24, 2.45) is 0 Å². The standard InChI is InChI=1S/2C10H9NO.C2H6O6S2/c2*1-8-10(11-7-12-8)9-5-3-2-4-6-9;3-9(4,5)1-2-10(6,7)8/h2*2-7H,1H3;1-2H2,(H,3,4,5)(H,6,7,8)/p-2. The monoisotopic (exact) mass is 506 g/mol. The Kier molecular flexibility index (Phi) is 9.69. The second kappa shape index (κ2) is 12.2. The summed E-state index contributed by atoms with van der Waals surface area (Å²) >= 11 is 0. The minimum absolute atomic E-state index is 0.862. The lowest BCUT2D eigenvalue weighted by Crippen LogP contribution is -2.15. The van der Waals surface area contributed by atoms with E-state index >= 15 is 0 Å². The zero-order chi connectivity index (χ0) is 25.2. The first kappa shape index (κ1) is 26.9. The van der Waals surface area contributed by atoms with E-state index in [1.54, 1.807) is 0 Å². The lowest BCUT2D eigenvalue weighted by atomic mass is 10.1. The van der Waals surface area contributed by atoms with Crippen molar-refractivity contribution in [2.75, 3.05) is 11.5 Å². The van der Waals surface area contributed by atoms with Crippen molar-refractivity contribution in [2.45, 2.75) is 13.8 Å². The molecular formula is C22H22N2O8S2-2. The fraction of sp³-hybridized carbons (Fsp3) is 0.182. The van der Waals surface area contributed by atoms with Crippen LogP contribution in [0.5, 0.6) is 0 Å². The molecule has 10 nitrogen and oxygen atoms in total. The fourth-order valence-corrected chi connectivity index (χ4v) is 4.19. The zero-order valence-electron chi connectivity index (χ0n) is 18.3. The van der Waals surface area contributed by atoms with Gasteiger partial charge < -0.3 is 17.9 Å². The number of nitrogens with zero attached hydrogens (tertiary/aromatic N) is 2. The van der Waals surface area contributed by atoms with E-state index in [0.717, 1.165) is 34.0 Å². The Balaban J connectivity index is 0.000000182. The molecule has 0 bridgehead atoms. The van der Waals surface area contributed by atoms with Crippen LogP contribution in [0.4, 0.5) is 0 Å². The Labute approximate surface area is 197 Å². The van der Waals surface area contributed by atoms with Gasteiger partial charge in [-0.2, -0.15) is 0 Å². The van der Waals surface area contributed by atoms with E-state index in [0.29, 0.717) is 0 Å². The molecule has 0 unspecified atom stereocenters. The number of oxazole rings is 2. The van der Waals surface area contributed by atoms with Gasteiger partial charge in [0.25, 0.3) is 0 Å². The van der Waals surface area contributed by atoms with Crippen LogP contribution in [0.2, 0.25) is 0 Å². The maximum absolute atomic E-state index is 9.72. The van der Waals surface area contributed by atoms with Crippen molar-refractivity contribution in [3.8, 4) is 22.5 Å². The van der Waals surface area contributed by atoms with Crippen LogP contribution in [-0.2, 0) is 20.2 Å². The molecule has 4 aromatic rings. The lowest BCUT2D eigenvalue weighted by Gasteiger charge is -2.08. The molecule has 182 valence electrons. The van der Waals surface area contributed by atoms with Crippen molar-refractivity contribution in [3.05, 3.63) is 85.0 Å². The van der Waals surface area contributed by atoms with E-state index in [2.05, 4.69) is 9.97 Å². The van der Waals surface area contributed by atoms with Crippen LogP contribution >= 0.6 is 0 Å². The van der Waals surface area contributed by atoms with Crippen LogP contribution in [0, 0.1) is 13.8 Å². The summed E-state index contributed by atoms with van der Waals surface area (Å²) in [5.74, 6) is -0.583. The molecule has 0 amide bonds. The summed E-state index contributed by atoms with van der Waals surface area (Å²) in [6, 6.07) is 20.0. The van der Waals surface area contributed by atoms with E-state index < -0.39 is 31.7 Å². The predicted molar refractivity (Wildman–Crippen MR) is 122 cm³/mol. The summed E-state index contributed by atoms with van der Waals surface area (Å²) in [6.45, 7) is 3.82. The van der Waals surface area contributed by atoms with Crippen LogP contribution in [0.1, 0.15) is 11.5 Å². The average Bonchev–Trinajstić information content (AvgIpc) is 3.42. The Morgan fingerprint density at radius 1 is 0.647 bits per heavy atom. The Hall–Kier alpha value is -3.32. The van der Waals surface area contributed by atoms with E-state index in [4.69, 9.17) is 8.83 Å². The molecule has 0 atom stereocenters. The molecule has 0 aliphatic heterocycles. The van der Waals surface area contributed by atoms with E-state index in [-0.39, 0.29) is 0 Å². The van der Waals surface area contributed by atoms with Gasteiger partial charge in [0.05, 0.1) is 31.7 Å². The van der Waals surface area contributed by atoms with Gasteiger partial charge in [0.15, 0.2) is 12.8 Å². The molecule has 0 fully saturated rings. The lowest BCUT2D eigenvalue weighted by molar-refractivity contribution is 0.452. The van der Waals surface area contributed by atoms with Gasteiger partial charge in [-0.05, 0) is 13.8 Å². The second-order valence-electron chi connectivity index (χ2n) is 6.77. The Morgan fingerprint density at radius 2 is 0.971 bits per heavy atom. The van der Waals surface area contributed by atoms with Crippen molar-refractivity contribution in [1.82, 2.24) is 9.97 Å². The Morgan fingerprint density at radius 3 is 1.21 bits per heavy atom. The summed E-state index contributed by atoms with van der Waals surface area (Å²) < 4.78 is 68.5. The van der Waals surface area contributed by atoms with Gasteiger partial charge in [-0.25, -0.2) is 26.8 Å². The van der Waals surface area contributed by atoms with Crippen molar-refractivity contribution < 1.29 is 34.8 Å². The van der Waals surface area contributed by atoms with Gasteiger partial charge in [-0.3, -0.25) is 0 Å². The molecule has 2 aromatic heterocycles. The number of hydrogen-bond acceptors (Lipinski definition) is 10. The normalized spacial score (nSPS) is 11.1. The third-order valence-corrected chi connectivity index (χ3v) is 5.83. The highest BCUT2D eigenvalue weighted by molar-refractivity contribution is 7.89. The molecular weight excluding hydrogens is 484 g/mol. The number of aryl methyl sites for hydroxylation is 2. The first-order chi connectivity index (χ1) is 16.0. The molecule has 0 spiro atoms. The van der Waals surface area contributed by atoms with Crippen LogP contribution in [0.3, 0.4) is 0 Å². The average molecular weight is 507 g/mol. The van der Waals surface area contributed by atoms with E-state index in [1.165, 1.54) is 12.8 Å². The first-order valence-corrected chi connectivity index (χ1v) is 12.9. The van der Waals surface area contributed by atoms with Crippen molar-refractivity contribution in [1.29, 1.82) is 0 Å². The zero-order valence-corrected chi connectivity index (χ0v) is 20.0. The predicted octanol–water partition coefficient (Wildman–Crippen LogP) is 3.38. The summed E-state index contributed by atoms with van der Waals surface area (Å²) in [5, 5.41) is 0. The molecule has 0 aliphatic carbocycles. The molecule has 12 heteroatoms. The fourth-order valence-electron chi connectivity index (χ4n) is 2.56. The first-order valence-electron chi connectivity index (χ1n) is 9.74. The van der Waals surface area contributed by atoms with Gasteiger partial charge in [0, 0.05) is 11.1 Å². The van der Waals surface area contributed by atoms with Gasteiger partial charge in [0.2, 0.25) is 0 Å². The maximum Gasteiger partial charge on any atom is 0.181 e. The summed E-state index contributed by atoms with van der Waals surface area (Å²) in [6.07, 6.45) is 2.94. The SMILES string of the molecule is Cc1ocnc1-c1ccccc1.Cc1ocnc1-c1ccccc1.O=S(=O)([O-])CCS(=O)(=O)[O-]. The second-order valence-corrected chi connectivity index (χ2v) is 9.82. The maximum atomic E-state index is 9.72. The van der Waals surface area contributed by atoms with Crippen molar-refractivity contribution >= 4 is 20.2 Å². The van der Waals surface area contributed by atoms with Crippen LogP contribution in [-0.4, -0.2) is 47.4 Å². The summed E-state index contributed by atoms with van der Waals surface area (Å²) in [5.41, 5.74) is 4.05. The van der Waals surface area contributed by atoms with E-state index in [9.17, 15) is 25.9 Å². The Bertz CT molecular complexity index is 1260. The molecule has 0 aliphatic rings. The third kappa shape index (κ3) is 9.67. The van der Waals surface area contributed by atoms with Gasteiger partial charge in [-0.15, -0.1) is 0 Å². The molecule has 0 N–H and O–H groups in total. The van der Waals surface area contributed by atoms with Gasteiger partial charge in [-0.1, -0.05) is 60.7 Å². The number of rotatable bonds is 5. The minimum atomic E-state index is -4.59. The number of aromatic nitrogens is 2. The largest absolute Gasteiger partial charge is 0.748 e. The summed E-state index contributed by atoms with van der Waals surface area (Å²) in [7, 11) is -9.17. The smallest absolute Gasteiger partial charge is 0.181 e. The van der Waals surface area contributed by atoms with Gasteiger partial charge >= 0.3 is 0 Å². The molecule has 4 rings (SSSR count). The molecule has 34 heavy (non-hydrogen) atoms.